The third kappa shape index (κ3) is 4.53. The first-order valence-corrected chi connectivity index (χ1v) is 9.49. The van der Waals surface area contributed by atoms with Gasteiger partial charge in [-0.05, 0) is 47.7 Å². The number of hydrogen-bond donors (Lipinski definition) is 1. The molecule has 0 saturated carbocycles. The van der Waals surface area contributed by atoms with Crippen LogP contribution < -0.4 is 5.32 Å². The van der Waals surface area contributed by atoms with Gasteiger partial charge in [-0.25, -0.2) is 8.91 Å². The molecule has 1 N–H and O–H groups in total. The van der Waals surface area contributed by atoms with Crippen molar-refractivity contribution in [2.45, 2.75) is 31.7 Å². The number of nitrogens with one attached hydrogen (secondary N) is 1. The van der Waals surface area contributed by atoms with Crippen LogP contribution in [0.25, 0.3) is 5.52 Å². The van der Waals surface area contributed by atoms with E-state index in [1.54, 1.807) is 6.07 Å². The van der Waals surface area contributed by atoms with Crippen molar-refractivity contribution in [1.82, 2.24) is 19.8 Å². The fourth-order valence-electron chi connectivity index (χ4n) is 3.52. The zero-order valence-electron chi connectivity index (χ0n) is 14.7. The molecule has 3 rings (SSSR count). The Labute approximate surface area is 167 Å². The van der Waals surface area contributed by atoms with Gasteiger partial charge in [0.2, 0.25) is 0 Å². The number of carbonyl (C=O) groups is 1. The minimum absolute atomic E-state index is 0.00825. The lowest BCUT2D eigenvalue weighted by Gasteiger charge is -2.37. The maximum absolute atomic E-state index is 14.4. The quantitative estimate of drug-likeness (QED) is 0.523. The Kier molecular flexibility index (Phi) is 5.67. The number of piperidine rings is 1. The van der Waals surface area contributed by atoms with E-state index in [0.717, 1.165) is 6.20 Å². The van der Waals surface area contributed by atoms with Crippen molar-refractivity contribution in [1.29, 1.82) is 0 Å². The molecule has 1 saturated heterocycles. The molecule has 1 fully saturated rings. The first-order chi connectivity index (χ1) is 12.5. The second kappa shape index (κ2) is 7.53. The number of amides is 1. The van der Waals surface area contributed by atoms with Crippen molar-refractivity contribution < 1.29 is 22.4 Å². The van der Waals surface area contributed by atoms with E-state index in [2.05, 4.69) is 10.4 Å². The van der Waals surface area contributed by atoms with E-state index in [1.807, 2.05) is 41.5 Å². The first-order valence-electron chi connectivity index (χ1n) is 8.41. The Morgan fingerprint density at radius 1 is 1.37 bits per heavy atom. The van der Waals surface area contributed by atoms with Gasteiger partial charge in [0.1, 0.15) is 11.9 Å². The molecule has 10 heteroatoms. The summed E-state index contributed by atoms with van der Waals surface area (Å²) in [5.74, 6) is -0.649. The molecule has 1 aliphatic heterocycles. The number of nitrogens with zero attached hydrogens (tertiary/aromatic N) is 3. The van der Waals surface area contributed by atoms with E-state index in [4.69, 9.17) is 0 Å². The Balaban J connectivity index is 1.91. The molecule has 0 aromatic carbocycles. The number of hydrogen-bond acceptors (Lipinski definition) is 3. The van der Waals surface area contributed by atoms with E-state index in [9.17, 15) is 22.4 Å². The molecular formula is C17H19F4IN4O. The summed E-state index contributed by atoms with van der Waals surface area (Å²) in [6.45, 7) is 2.71. The molecule has 3 heterocycles. The maximum Gasteiger partial charge on any atom is 0.393 e. The Morgan fingerprint density at radius 2 is 2.07 bits per heavy atom. The Hall–Kier alpha value is -1.43. The number of halogens is 5. The summed E-state index contributed by atoms with van der Waals surface area (Å²) in [5, 5.41) is 6.66. The first kappa shape index (κ1) is 20.3. The molecule has 1 amide bonds. The van der Waals surface area contributed by atoms with Gasteiger partial charge in [0.15, 0.2) is 0 Å². The summed E-state index contributed by atoms with van der Waals surface area (Å²) in [7, 11) is 1.82. The summed E-state index contributed by atoms with van der Waals surface area (Å²) in [6, 6.07) is 2.41. The number of rotatable bonds is 3. The lowest BCUT2D eigenvalue weighted by molar-refractivity contribution is -0.127. The molecule has 3 atom stereocenters. The van der Waals surface area contributed by atoms with Crippen LogP contribution in [-0.2, 0) is 6.42 Å². The van der Waals surface area contributed by atoms with E-state index in [-0.39, 0.29) is 29.2 Å². The lowest BCUT2D eigenvalue weighted by atomic mass is 9.92. The van der Waals surface area contributed by atoms with Gasteiger partial charge in [0, 0.05) is 22.2 Å². The fourth-order valence-corrected chi connectivity index (χ4v) is 4.11. The van der Waals surface area contributed by atoms with Gasteiger partial charge in [-0.2, -0.15) is 18.3 Å². The second-order valence-corrected chi connectivity index (χ2v) is 8.28. The minimum Gasteiger partial charge on any atom is -0.345 e. The van der Waals surface area contributed by atoms with E-state index in [1.165, 1.54) is 10.6 Å². The zero-order chi connectivity index (χ0) is 19.9. The van der Waals surface area contributed by atoms with Crippen LogP contribution in [0.5, 0.6) is 0 Å². The smallest absolute Gasteiger partial charge is 0.345 e. The summed E-state index contributed by atoms with van der Waals surface area (Å²) in [6.07, 6.45) is -5.61. The highest BCUT2D eigenvalue weighted by Crippen LogP contribution is 2.26. The van der Waals surface area contributed by atoms with Gasteiger partial charge < -0.3 is 10.2 Å². The molecule has 0 aliphatic carbocycles. The number of carbonyl (C=O) groups excluding carboxylic acids is 1. The van der Waals surface area contributed by atoms with Crippen LogP contribution in [0.2, 0.25) is 0 Å². The van der Waals surface area contributed by atoms with Crippen LogP contribution in [0.1, 0.15) is 23.0 Å². The van der Waals surface area contributed by atoms with Crippen molar-refractivity contribution in [2.24, 2.45) is 5.92 Å². The van der Waals surface area contributed by atoms with Crippen LogP contribution in [-0.4, -0.2) is 58.9 Å². The highest BCUT2D eigenvalue weighted by Gasteiger charge is 2.35. The van der Waals surface area contributed by atoms with Gasteiger partial charge in [-0.15, -0.1) is 0 Å². The number of aromatic nitrogens is 2. The lowest BCUT2D eigenvalue weighted by Crippen LogP contribution is -2.56. The van der Waals surface area contributed by atoms with Gasteiger partial charge in [0.05, 0.1) is 24.2 Å². The number of likely N-dealkylation sites (tertiary alicyclic amines) is 1. The summed E-state index contributed by atoms with van der Waals surface area (Å²) in [5.41, 5.74) is 0.298. The van der Waals surface area contributed by atoms with Crippen LogP contribution in [0.15, 0.2) is 18.3 Å². The van der Waals surface area contributed by atoms with Gasteiger partial charge in [-0.1, -0.05) is 6.92 Å². The van der Waals surface area contributed by atoms with Crippen molar-refractivity contribution in [3.05, 3.63) is 33.2 Å². The highest BCUT2D eigenvalue weighted by atomic mass is 127. The topological polar surface area (TPSA) is 49.6 Å². The average molecular weight is 498 g/mol. The van der Waals surface area contributed by atoms with Gasteiger partial charge in [0.25, 0.3) is 5.91 Å². The normalized spacial score (nSPS) is 24.3. The minimum atomic E-state index is -4.38. The summed E-state index contributed by atoms with van der Waals surface area (Å²) < 4.78 is 54.5. The number of pyridine rings is 1. The van der Waals surface area contributed by atoms with Crippen LogP contribution in [0.4, 0.5) is 17.6 Å². The van der Waals surface area contributed by atoms with Crippen LogP contribution >= 0.6 is 22.6 Å². The molecule has 5 nitrogen and oxygen atoms in total. The zero-order valence-corrected chi connectivity index (χ0v) is 16.9. The predicted octanol–water partition coefficient (Wildman–Crippen LogP) is 3.06. The molecule has 1 aliphatic rings. The van der Waals surface area contributed by atoms with Crippen molar-refractivity contribution in [3.8, 4) is 0 Å². The molecule has 148 valence electrons. The molecule has 2 aromatic rings. The van der Waals surface area contributed by atoms with Gasteiger partial charge >= 0.3 is 6.18 Å². The Bertz CT molecular complexity index is 841. The monoisotopic (exact) mass is 498 g/mol. The van der Waals surface area contributed by atoms with Crippen molar-refractivity contribution >= 4 is 34.0 Å². The van der Waals surface area contributed by atoms with E-state index < -0.39 is 30.7 Å². The standard InChI is InChI=1S/C17H19F4IN4O/c1-9-7-25(2)8-12(18)15(9)24-16(27)14-4-11(22)3-13-10(5-17(19,20)21)6-23-26(13)14/h3-4,6,9,12,15H,5,7-8H2,1-2H3,(H,24,27)/t9-,12-,15+/m0/s1. The third-order valence-electron chi connectivity index (χ3n) is 4.67. The fraction of sp³-hybridized carbons (Fsp3) is 0.529. The molecular weight excluding hydrogens is 479 g/mol. The summed E-state index contributed by atoms with van der Waals surface area (Å²) in [4.78, 5) is 14.6. The molecule has 0 radical (unpaired) electrons. The molecule has 0 spiro atoms. The largest absolute Gasteiger partial charge is 0.393 e. The third-order valence-corrected chi connectivity index (χ3v) is 5.30. The highest BCUT2D eigenvalue weighted by molar-refractivity contribution is 14.1. The summed E-state index contributed by atoms with van der Waals surface area (Å²) >= 11 is 1.94. The SMILES string of the molecule is C[C@H]1CN(C)C[C@H](F)[C@@H]1NC(=O)c1cc(I)cc2c(CC(F)(F)F)cnn12. The van der Waals surface area contributed by atoms with Crippen LogP contribution in [0, 0.1) is 9.49 Å². The predicted molar refractivity (Wildman–Crippen MR) is 100 cm³/mol. The second-order valence-electron chi connectivity index (χ2n) is 7.03. The van der Waals surface area contributed by atoms with Crippen molar-refractivity contribution in [2.75, 3.05) is 20.1 Å². The molecule has 0 unspecified atom stereocenters. The molecule has 27 heavy (non-hydrogen) atoms. The average Bonchev–Trinajstić information content (AvgIpc) is 2.90. The maximum atomic E-state index is 14.4. The number of fused-ring (bicyclic) bond motifs is 1. The molecule has 2 aromatic heterocycles. The van der Waals surface area contributed by atoms with Crippen molar-refractivity contribution in [3.63, 3.8) is 0 Å². The van der Waals surface area contributed by atoms with Crippen LogP contribution in [0.3, 0.4) is 0 Å². The number of alkyl halides is 4. The molecule has 0 bridgehead atoms. The van der Waals surface area contributed by atoms with Gasteiger partial charge in [-0.3, -0.25) is 4.79 Å². The van der Waals surface area contributed by atoms with E-state index in [0.29, 0.717) is 10.1 Å². The van der Waals surface area contributed by atoms with E-state index >= 15 is 0 Å². The Morgan fingerprint density at radius 3 is 2.70 bits per heavy atom.